The maximum absolute atomic E-state index is 12.4. The van der Waals surface area contributed by atoms with Crippen LogP contribution in [0.5, 0.6) is 0 Å². The van der Waals surface area contributed by atoms with Crippen molar-refractivity contribution in [1.82, 2.24) is 14.9 Å². The second-order valence-corrected chi connectivity index (χ2v) is 7.18. The van der Waals surface area contributed by atoms with Gasteiger partial charge >= 0.3 is 0 Å². The third kappa shape index (κ3) is 4.18. The van der Waals surface area contributed by atoms with Crippen molar-refractivity contribution in [3.8, 4) is 16.9 Å². The van der Waals surface area contributed by atoms with E-state index in [4.69, 9.17) is 21.2 Å². The minimum atomic E-state index is -0.279. The lowest BCUT2D eigenvalue weighted by atomic mass is 10.1. The van der Waals surface area contributed by atoms with Gasteiger partial charge in [0.05, 0.1) is 11.4 Å². The van der Waals surface area contributed by atoms with E-state index in [1.807, 2.05) is 60.8 Å². The number of rotatable bonds is 5. The number of carbonyl (C=O) groups excluding carboxylic acids is 1. The maximum atomic E-state index is 12.4. The Hall–Kier alpha value is -3.64. The van der Waals surface area contributed by atoms with Crippen LogP contribution >= 0.6 is 11.6 Å². The third-order valence-corrected chi connectivity index (χ3v) is 4.83. The fourth-order valence-corrected chi connectivity index (χ4v) is 3.17. The summed E-state index contributed by atoms with van der Waals surface area (Å²) in [5, 5.41) is 12.0. The highest BCUT2D eigenvalue weighted by Gasteiger charge is 2.13. The van der Waals surface area contributed by atoms with Gasteiger partial charge in [0.2, 0.25) is 5.91 Å². The summed E-state index contributed by atoms with van der Waals surface area (Å²) in [6, 6.07) is 17.2. The Labute approximate surface area is 178 Å². The zero-order chi connectivity index (χ0) is 21.1. The quantitative estimate of drug-likeness (QED) is 0.437. The number of amides is 1. The SMILES string of the molecule is Cc1noc(C)c1NC(=O)/C=C/c1cn(-c2ccccc2)nc1-c1ccc(Cl)cc1. The van der Waals surface area contributed by atoms with E-state index in [0.29, 0.717) is 22.2 Å². The van der Waals surface area contributed by atoms with Crippen molar-refractivity contribution in [2.24, 2.45) is 0 Å². The molecule has 0 aliphatic rings. The Morgan fingerprint density at radius 1 is 1.10 bits per heavy atom. The van der Waals surface area contributed by atoms with Crippen molar-refractivity contribution < 1.29 is 9.32 Å². The van der Waals surface area contributed by atoms with Crippen molar-refractivity contribution >= 4 is 29.3 Å². The Morgan fingerprint density at radius 2 is 1.83 bits per heavy atom. The molecule has 0 saturated carbocycles. The predicted octanol–water partition coefficient (Wildman–Crippen LogP) is 5.45. The van der Waals surface area contributed by atoms with Crippen LogP contribution in [0.1, 0.15) is 17.0 Å². The van der Waals surface area contributed by atoms with Crippen LogP contribution in [0.25, 0.3) is 23.0 Å². The van der Waals surface area contributed by atoms with Gasteiger partial charge in [0.15, 0.2) is 5.76 Å². The second kappa shape index (κ2) is 8.39. The number of halogens is 1. The van der Waals surface area contributed by atoms with Crippen LogP contribution in [0.4, 0.5) is 5.69 Å². The number of carbonyl (C=O) groups is 1. The van der Waals surface area contributed by atoms with E-state index in [9.17, 15) is 4.79 Å². The number of aromatic nitrogens is 3. The van der Waals surface area contributed by atoms with Gasteiger partial charge in [0.1, 0.15) is 11.4 Å². The minimum absolute atomic E-state index is 0.279. The molecule has 0 atom stereocenters. The van der Waals surface area contributed by atoms with E-state index in [-0.39, 0.29) is 5.91 Å². The number of hydrogen-bond donors (Lipinski definition) is 1. The van der Waals surface area contributed by atoms with Gasteiger partial charge in [-0.25, -0.2) is 4.68 Å². The van der Waals surface area contributed by atoms with Gasteiger partial charge in [-0.1, -0.05) is 47.1 Å². The zero-order valence-electron chi connectivity index (χ0n) is 16.5. The highest BCUT2D eigenvalue weighted by molar-refractivity contribution is 6.30. The average molecular weight is 419 g/mol. The Morgan fingerprint density at radius 3 is 2.50 bits per heavy atom. The van der Waals surface area contributed by atoms with E-state index in [1.54, 1.807) is 24.6 Å². The first-order valence-corrected chi connectivity index (χ1v) is 9.72. The van der Waals surface area contributed by atoms with Gasteiger partial charge in [0.25, 0.3) is 0 Å². The minimum Gasteiger partial charge on any atom is -0.359 e. The molecule has 0 fully saturated rings. The Balaban J connectivity index is 1.67. The van der Waals surface area contributed by atoms with Crippen molar-refractivity contribution in [2.75, 3.05) is 5.32 Å². The molecule has 150 valence electrons. The van der Waals surface area contributed by atoms with Crippen LogP contribution in [0.3, 0.4) is 0 Å². The number of nitrogens with zero attached hydrogens (tertiary/aromatic N) is 3. The van der Waals surface area contributed by atoms with Gasteiger partial charge in [-0.3, -0.25) is 4.79 Å². The molecule has 2 heterocycles. The summed E-state index contributed by atoms with van der Waals surface area (Å²) < 4.78 is 6.87. The second-order valence-electron chi connectivity index (χ2n) is 6.74. The predicted molar refractivity (Wildman–Crippen MR) is 118 cm³/mol. The molecular weight excluding hydrogens is 400 g/mol. The topological polar surface area (TPSA) is 73.0 Å². The lowest BCUT2D eigenvalue weighted by Crippen LogP contribution is -2.08. The summed E-state index contributed by atoms with van der Waals surface area (Å²) in [5.74, 6) is 0.284. The molecule has 0 radical (unpaired) electrons. The maximum Gasteiger partial charge on any atom is 0.248 e. The highest BCUT2D eigenvalue weighted by Crippen LogP contribution is 2.26. The molecule has 30 heavy (non-hydrogen) atoms. The van der Waals surface area contributed by atoms with Crippen molar-refractivity contribution in [2.45, 2.75) is 13.8 Å². The van der Waals surface area contributed by atoms with Gasteiger partial charge in [-0.05, 0) is 44.2 Å². The lowest BCUT2D eigenvalue weighted by molar-refractivity contribution is -0.111. The van der Waals surface area contributed by atoms with Crippen LogP contribution < -0.4 is 5.32 Å². The third-order valence-electron chi connectivity index (χ3n) is 4.58. The summed E-state index contributed by atoms with van der Waals surface area (Å²) in [4.78, 5) is 12.4. The molecule has 0 spiro atoms. The largest absolute Gasteiger partial charge is 0.359 e. The summed E-state index contributed by atoms with van der Waals surface area (Å²) in [5.41, 5.74) is 4.59. The monoisotopic (exact) mass is 418 g/mol. The normalized spacial score (nSPS) is 11.2. The van der Waals surface area contributed by atoms with E-state index in [2.05, 4.69) is 10.5 Å². The molecule has 4 rings (SSSR count). The van der Waals surface area contributed by atoms with Gasteiger partial charge in [0, 0.05) is 28.4 Å². The molecule has 0 aliphatic carbocycles. The van der Waals surface area contributed by atoms with Crippen LogP contribution in [0.15, 0.2) is 71.4 Å². The van der Waals surface area contributed by atoms with Crippen molar-refractivity contribution in [3.05, 3.63) is 88.9 Å². The molecule has 2 aromatic carbocycles. The summed E-state index contributed by atoms with van der Waals surface area (Å²) >= 11 is 6.03. The molecule has 0 bridgehead atoms. The molecule has 2 aromatic heterocycles. The van der Waals surface area contributed by atoms with E-state index in [0.717, 1.165) is 22.5 Å². The van der Waals surface area contributed by atoms with Gasteiger partial charge < -0.3 is 9.84 Å². The number of aryl methyl sites for hydroxylation is 2. The molecule has 0 saturated heterocycles. The zero-order valence-corrected chi connectivity index (χ0v) is 17.2. The van der Waals surface area contributed by atoms with Crippen LogP contribution in [-0.2, 0) is 4.79 Å². The van der Waals surface area contributed by atoms with Crippen molar-refractivity contribution in [3.63, 3.8) is 0 Å². The molecule has 1 N–H and O–H groups in total. The number of anilines is 1. The molecule has 1 amide bonds. The number of hydrogen-bond acceptors (Lipinski definition) is 4. The first kappa shape index (κ1) is 19.7. The Kier molecular flexibility index (Phi) is 5.50. The fraction of sp³-hybridized carbons (Fsp3) is 0.0870. The smallest absolute Gasteiger partial charge is 0.248 e. The first-order valence-electron chi connectivity index (χ1n) is 9.34. The standard InChI is InChI=1S/C23H19ClN4O2/c1-15-22(16(2)30-27-15)25-21(29)13-10-18-14-28(20-6-4-3-5-7-20)26-23(18)17-8-11-19(24)12-9-17/h3-14H,1-2H3,(H,25,29)/b13-10+. The van der Waals surface area contributed by atoms with Crippen LogP contribution in [-0.4, -0.2) is 20.8 Å². The van der Waals surface area contributed by atoms with Crippen LogP contribution in [0.2, 0.25) is 5.02 Å². The summed E-state index contributed by atoms with van der Waals surface area (Å²) in [6.07, 6.45) is 5.10. The average Bonchev–Trinajstić information content (AvgIpc) is 3.32. The summed E-state index contributed by atoms with van der Waals surface area (Å²) in [7, 11) is 0. The van der Waals surface area contributed by atoms with Crippen molar-refractivity contribution in [1.29, 1.82) is 0 Å². The molecule has 0 aliphatic heterocycles. The van der Waals surface area contributed by atoms with Crippen LogP contribution in [0, 0.1) is 13.8 Å². The van der Waals surface area contributed by atoms with E-state index in [1.165, 1.54) is 6.08 Å². The van der Waals surface area contributed by atoms with Gasteiger partial charge in [-0.15, -0.1) is 0 Å². The summed E-state index contributed by atoms with van der Waals surface area (Å²) in [6.45, 7) is 3.53. The van der Waals surface area contributed by atoms with E-state index >= 15 is 0 Å². The molecular formula is C23H19ClN4O2. The van der Waals surface area contributed by atoms with Gasteiger partial charge in [-0.2, -0.15) is 5.10 Å². The number of nitrogens with one attached hydrogen (secondary N) is 1. The molecule has 6 nitrogen and oxygen atoms in total. The highest BCUT2D eigenvalue weighted by atomic mass is 35.5. The first-order chi connectivity index (χ1) is 14.5. The lowest BCUT2D eigenvalue weighted by Gasteiger charge is -2.01. The van der Waals surface area contributed by atoms with E-state index < -0.39 is 0 Å². The number of benzene rings is 2. The molecule has 7 heteroatoms. The molecule has 4 aromatic rings. The number of para-hydroxylation sites is 1. The fourth-order valence-electron chi connectivity index (χ4n) is 3.05. The molecule has 0 unspecified atom stereocenters. The Bertz CT molecular complexity index is 1190.